The highest BCUT2D eigenvalue weighted by Gasteiger charge is 2.07. The average molecular weight is 288 g/mol. The summed E-state index contributed by atoms with van der Waals surface area (Å²) in [6.45, 7) is -0.524. The molecule has 1 aromatic heterocycles. The summed E-state index contributed by atoms with van der Waals surface area (Å²) >= 11 is 0. The predicted octanol–water partition coefficient (Wildman–Crippen LogP) is -0.179. The second kappa shape index (κ2) is 7.22. The molecule has 9 heteroatoms. The van der Waals surface area contributed by atoms with E-state index in [1.807, 2.05) is 0 Å². The van der Waals surface area contributed by atoms with E-state index < -0.39 is 35.7 Å². The van der Waals surface area contributed by atoms with E-state index in [2.05, 4.69) is 0 Å². The maximum Gasteiger partial charge on any atom is 0.331 e. The highest BCUT2D eigenvalue weighted by molar-refractivity contribution is 5.69. The van der Waals surface area contributed by atoms with Crippen LogP contribution in [0.3, 0.4) is 0 Å². The Morgan fingerprint density at radius 2 is 1.95 bits per heavy atom. The lowest BCUT2D eigenvalue weighted by Crippen LogP contribution is -2.32. The molecule has 0 amide bonds. The summed E-state index contributed by atoms with van der Waals surface area (Å²) in [6.07, 6.45) is 1.25. The molecule has 0 aliphatic heterocycles. The number of aromatic amines is 1. The molecule has 0 aliphatic carbocycles. The molecule has 0 spiro atoms. The summed E-state index contributed by atoms with van der Waals surface area (Å²) in [7, 11) is 0. The Morgan fingerprint density at radius 3 is 2.60 bits per heavy atom. The fourth-order valence-electron chi connectivity index (χ4n) is 1.34. The van der Waals surface area contributed by atoms with E-state index in [0.717, 1.165) is 0 Å². The van der Waals surface area contributed by atoms with Crippen LogP contribution in [0.5, 0.6) is 0 Å². The largest absolute Gasteiger partial charge is 0.481 e. The molecular weight excluding hydrogens is 275 g/mol. The highest BCUT2D eigenvalue weighted by Crippen LogP contribution is 2.01. The van der Waals surface area contributed by atoms with Gasteiger partial charge in [0.1, 0.15) is 0 Å². The van der Waals surface area contributed by atoms with Crippen LogP contribution in [0.4, 0.5) is 4.39 Å². The van der Waals surface area contributed by atoms with Gasteiger partial charge in [0.05, 0.1) is 6.20 Å². The second-order valence-corrected chi connectivity index (χ2v) is 3.95. The van der Waals surface area contributed by atoms with E-state index in [9.17, 15) is 23.6 Å². The standard InChI is InChI=1S/C11H13FN2O6/c12-7-5-14(11(19)13-10(7)18)6-20-9(17)4-2-1-3-8(15)16/h5H,1-4,6H2,(H,15,16)(H,13,18,19). The SMILES string of the molecule is O=C(O)CCCCC(=O)OCn1cc(F)c(=O)[nH]c1=O. The van der Waals surface area contributed by atoms with Crippen LogP contribution in [0, 0.1) is 5.82 Å². The molecule has 1 rings (SSSR count). The molecule has 8 nitrogen and oxygen atoms in total. The Kier molecular flexibility index (Phi) is 5.63. The van der Waals surface area contributed by atoms with Crippen molar-refractivity contribution in [2.45, 2.75) is 32.4 Å². The van der Waals surface area contributed by atoms with E-state index in [1.165, 1.54) is 0 Å². The Labute approximate surface area is 111 Å². The number of hydrogen-bond donors (Lipinski definition) is 2. The zero-order valence-electron chi connectivity index (χ0n) is 10.4. The predicted molar refractivity (Wildman–Crippen MR) is 63.5 cm³/mol. The second-order valence-electron chi connectivity index (χ2n) is 3.95. The third-order valence-electron chi connectivity index (χ3n) is 2.35. The molecule has 0 saturated heterocycles. The molecule has 0 aliphatic rings. The van der Waals surface area contributed by atoms with Gasteiger partial charge in [0.25, 0.3) is 5.56 Å². The fourth-order valence-corrected chi connectivity index (χ4v) is 1.34. The number of carboxylic acids is 1. The number of H-pyrrole nitrogens is 1. The Morgan fingerprint density at radius 1 is 1.30 bits per heavy atom. The van der Waals surface area contributed by atoms with Gasteiger partial charge in [0, 0.05) is 12.8 Å². The number of halogens is 1. The highest BCUT2D eigenvalue weighted by atomic mass is 19.1. The third-order valence-corrected chi connectivity index (χ3v) is 2.35. The molecule has 1 aromatic rings. The first-order valence-corrected chi connectivity index (χ1v) is 5.77. The summed E-state index contributed by atoms with van der Waals surface area (Å²) in [5.74, 6) is -2.76. The van der Waals surface area contributed by atoms with Gasteiger partial charge in [-0.05, 0) is 12.8 Å². The number of hydrogen-bond acceptors (Lipinski definition) is 5. The number of carbonyl (C=O) groups is 2. The first-order chi connectivity index (χ1) is 9.40. The minimum Gasteiger partial charge on any atom is -0.481 e. The normalized spacial score (nSPS) is 10.2. The monoisotopic (exact) mass is 288 g/mol. The third kappa shape index (κ3) is 5.04. The molecule has 1 heterocycles. The van der Waals surface area contributed by atoms with Crippen LogP contribution < -0.4 is 11.2 Å². The number of unbranched alkanes of at least 4 members (excludes halogenated alkanes) is 1. The zero-order chi connectivity index (χ0) is 15.1. The fraction of sp³-hybridized carbons (Fsp3) is 0.455. The van der Waals surface area contributed by atoms with Gasteiger partial charge in [-0.15, -0.1) is 0 Å². The van der Waals surface area contributed by atoms with Crippen molar-refractivity contribution < 1.29 is 23.8 Å². The summed E-state index contributed by atoms with van der Waals surface area (Å²) in [5.41, 5.74) is -2.04. The van der Waals surface area contributed by atoms with Gasteiger partial charge >= 0.3 is 17.6 Å². The molecule has 0 aromatic carbocycles. The van der Waals surface area contributed by atoms with Gasteiger partial charge < -0.3 is 9.84 Å². The van der Waals surface area contributed by atoms with Crippen LogP contribution in [0.1, 0.15) is 25.7 Å². The Bertz CT molecular complexity index is 606. The number of nitrogens with zero attached hydrogens (tertiary/aromatic N) is 1. The summed E-state index contributed by atoms with van der Waals surface area (Å²) < 4.78 is 18.3. The number of ether oxygens (including phenoxy) is 1. The first kappa shape index (κ1) is 15.6. The van der Waals surface area contributed by atoms with Crippen LogP contribution in [-0.4, -0.2) is 26.6 Å². The first-order valence-electron chi connectivity index (χ1n) is 5.77. The maximum absolute atomic E-state index is 12.9. The van der Waals surface area contributed by atoms with Gasteiger partial charge in [-0.3, -0.25) is 23.9 Å². The molecule has 0 bridgehead atoms. The molecule has 0 atom stereocenters. The average Bonchev–Trinajstić information content (AvgIpc) is 2.37. The Hall–Kier alpha value is -2.45. The van der Waals surface area contributed by atoms with Crippen molar-refractivity contribution in [2.75, 3.05) is 0 Å². The lowest BCUT2D eigenvalue weighted by Gasteiger charge is -2.06. The van der Waals surface area contributed by atoms with Crippen molar-refractivity contribution in [3.63, 3.8) is 0 Å². The van der Waals surface area contributed by atoms with Crippen molar-refractivity contribution >= 4 is 11.9 Å². The van der Waals surface area contributed by atoms with Crippen molar-refractivity contribution in [1.29, 1.82) is 0 Å². The van der Waals surface area contributed by atoms with Gasteiger partial charge in [-0.1, -0.05) is 0 Å². The van der Waals surface area contributed by atoms with Crippen molar-refractivity contribution in [3.8, 4) is 0 Å². The van der Waals surface area contributed by atoms with Crippen molar-refractivity contribution in [1.82, 2.24) is 9.55 Å². The van der Waals surface area contributed by atoms with Crippen LogP contribution in [0.25, 0.3) is 0 Å². The number of rotatable bonds is 7. The zero-order valence-corrected chi connectivity index (χ0v) is 10.4. The molecule has 2 N–H and O–H groups in total. The number of carbonyl (C=O) groups excluding carboxylic acids is 1. The van der Waals surface area contributed by atoms with Gasteiger partial charge in [0.2, 0.25) is 5.82 Å². The van der Waals surface area contributed by atoms with E-state index in [-0.39, 0.29) is 12.8 Å². The summed E-state index contributed by atoms with van der Waals surface area (Å²) in [6, 6.07) is 0. The molecule has 0 unspecified atom stereocenters. The van der Waals surface area contributed by atoms with Crippen LogP contribution in [-0.2, 0) is 21.1 Å². The lowest BCUT2D eigenvalue weighted by molar-refractivity contribution is -0.148. The van der Waals surface area contributed by atoms with E-state index in [1.54, 1.807) is 4.98 Å². The van der Waals surface area contributed by atoms with Crippen LogP contribution in [0.15, 0.2) is 15.8 Å². The van der Waals surface area contributed by atoms with E-state index >= 15 is 0 Å². The molecule has 0 saturated carbocycles. The summed E-state index contributed by atoms with van der Waals surface area (Å²) in [4.78, 5) is 45.2. The van der Waals surface area contributed by atoms with E-state index in [4.69, 9.17) is 9.84 Å². The van der Waals surface area contributed by atoms with Gasteiger partial charge in [-0.2, -0.15) is 4.39 Å². The molecule has 20 heavy (non-hydrogen) atoms. The Balaban J connectivity index is 2.42. The van der Waals surface area contributed by atoms with Gasteiger partial charge in [0.15, 0.2) is 6.73 Å². The minimum atomic E-state index is -1.16. The number of nitrogens with one attached hydrogen (secondary N) is 1. The van der Waals surface area contributed by atoms with Crippen molar-refractivity contribution in [2.24, 2.45) is 0 Å². The summed E-state index contributed by atoms with van der Waals surface area (Å²) in [5, 5.41) is 8.39. The molecule has 0 fully saturated rings. The smallest absolute Gasteiger partial charge is 0.331 e. The lowest BCUT2D eigenvalue weighted by atomic mass is 10.2. The van der Waals surface area contributed by atoms with Crippen molar-refractivity contribution in [3.05, 3.63) is 32.9 Å². The van der Waals surface area contributed by atoms with E-state index in [0.29, 0.717) is 23.6 Å². The molecular formula is C11H13FN2O6. The minimum absolute atomic E-state index is 0.00609. The molecule has 0 radical (unpaired) electrons. The maximum atomic E-state index is 12.9. The van der Waals surface area contributed by atoms with Crippen LogP contribution >= 0.6 is 0 Å². The quantitative estimate of drug-likeness (QED) is 0.530. The number of aromatic nitrogens is 2. The molecule has 110 valence electrons. The number of carboxylic acid groups (broad SMARTS) is 1. The number of esters is 1. The van der Waals surface area contributed by atoms with Gasteiger partial charge in [-0.25, -0.2) is 4.79 Å². The topological polar surface area (TPSA) is 118 Å². The van der Waals surface area contributed by atoms with Crippen LogP contribution in [0.2, 0.25) is 0 Å². The number of aliphatic carboxylic acids is 1.